The Morgan fingerprint density at radius 3 is 2.84 bits per heavy atom. The molecule has 2 aliphatic rings. The van der Waals surface area contributed by atoms with Crippen molar-refractivity contribution in [3.05, 3.63) is 53.2 Å². The molecule has 3 atom stereocenters. The Hall–Kier alpha value is -2.81. The summed E-state index contributed by atoms with van der Waals surface area (Å²) in [6.45, 7) is 1.65. The van der Waals surface area contributed by atoms with Gasteiger partial charge < -0.3 is 10.4 Å². The number of carboxylic acid groups (broad SMARTS) is 1. The molecule has 31 heavy (non-hydrogen) atoms. The number of carboxylic acids is 1. The molecule has 1 aromatic carbocycles. The first-order valence-corrected chi connectivity index (χ1v) is 11.6. The number of rotatable bonds is 6. The fraction of sp³-hybridized carbons (Fsp3) is 0.250. The fourth-order valence-electron chi connectivity index (χ4n) is 3.26. The second kappa shape index (κ2) is 8.74. The first kappa shape index (κ1) is 21.4. The molecule has 0 radical (unpaired) electrons. The summed E-state index contributed by atoms with van der Waals surface area (Å²) < 4.78 is 1.73. The van der Waals surface area contributed by atoms with Gasteiger partial charge in [0.1, 0.15) is 22.1 Å². The topological polar surface area (TPSA) is 111 Å². The summed E-state index contributed by atoms with van der Waals surface area (Å²) in [6, 6.07) is 12.7. The van der Waals surface area contributed by atoms with Crippen LogP contribution in [0.1, 0.15) is 6.92 Å². The summed E-state index contributed by atoms with van der Waals surface area (Å²) in [4.78, 5) is 27.0. The quantitative estimate of drug-likeness (QED) is 0.485. The molecule has 4 rings (SSSR count). The molecule has 2 N–H and O–H groups in total. The lowest BCUT2D eigenvalue weighted by Crippen LogP contribution is -2.70. The lowest BCUT2D eigenvalue weighted by molar-refractivity contribution is -0.148. The minimum atomic E-state index is -1.15. The molecule has 1 amide bonds. The van der Waals surface area contributed by atoms with Gasteiger partial charge in [0.05, 0.1) is 28.9 Å². The molecule has 0 aliphatic carbocycles. The van der Waals surface area contributed by atoms with Gasteiger partial charge in [0.15, 0.2) is 0 Å². The van der Waals surface area contributed by atoms with Crippen LogP contribution in [-0.2, 0) is 9.59 Å². The van der Waals surface area contributed by atoms with E-state index in [9.17, 15) is 14.7 Å². The van der Waals surface area contributed by atoms with Crippen LogP contribution < -0.4 is 5.32 Å². The zero-order chi connectivity index (χ0) is 22.1. The summed E-state index contributed by atoms with van der Waals surface area (Å²) >= 11 is 7.94. The number of thioether (sulfide) groups is 2. The van der Waals surface area contributed by atoms with E-state index < -0.39 is 17.9 Å². The number of aromatic nitrogens is 2. The SMILES string of the molecule is CC(C#N)C(=S)N[C@@H]1C(=O)N2C(C(=O)O)=C(Sc3ccnn3-c3ccccc3)CS[C@@H]12. The van der Waals surface area contributed by atoms with Crippen molar-refractivity contribution in [3.63, 3.8) is 0 Å². The third kappa shape index (κ3) is 3.94. The number of β-lactam (4-membered cyclic amide) rings is 1. The van der Waals surface area contributed by atoms with Gasteiger partial charge in [0.2, 0.25) is 0 Å². The molecule has 0 bridgehead atoms. The number of amides is 1. The molecule has 8 nitrogen and oxygen atoms in total. The molecular formula is C20H17N5O3S3. The highest BCUT2D eigenvalue weighted by Crippen LogP contribution is 2.45. The van der Waals surface area contributed by atoms with Crippen molar-refractivity contribution in [1.82, 2.24) is 20.0 Å². The maximum Gasteiger partial charge on any atom is 0.353 e. The zero-order valence-electron chi connectivity index (χ0n) is 16.3. The van der Waals surface area contributed by atoms with Gasteiger partial charge in [-0.25, -0.2) is 9.48 Å². The number of nitrogens with one attached hydrogen (secondary N) is 1. The molecule has 3 heterocycles. The van der Waals surface area contributed by atoms with Crippen LogP contribution in [0.4, 0.5) is 0 Å². The number of para-hydroxylation sites is 1. The van der Waals surface area contributed by atoms with E-state index in [4.69, 9.17) is 17.5 Å². The summed E-state index contributed by atoms with van der Waals surface area (Å²) in [5, 5.41) is 26.5. The third-order valence-electron chi connectivity index (χ3n) is 4.86. The Kier molecular flexibility index (Phi) is 6.04. The number of benzene rings is 1. The first-order valence-electron chi connectivity index (χ1n) is 9.30. The maximum atomic E-state index is 12.8. The number of nitrogens with zero attached hydrogens (tertiary/aromatic N) is 4. The monoisotopic (exact) mass is 471 g/mol. The van der Waals surface area contributed by atoms with Crippen LogP contribution in [-0.4, -0.2) is 53.8 Å². The molecule has 158 valence electrons. The minimum Gasteiger partial charge on any atom is -0.477 e. The van der Waals surface area contributed by atoms with Crippen molar-refractivity contribution < 1.29 is 14.7 Å². The number of thiocarbonyl (C=S) groups is 1. The lowest BCUT2D eigenvalue weighted by Gasteiger charge is -2.49. The standard InChI is InChI=1S/C20H17N5O3S3/c1-11(9-21)17(29)23-15-18(26)24-16(20(27)28)13(10-30-19(15)24)31-14-7-8-22-25(14)12-5-3-2-4-6-12/h2-8,11,15,19H,10H2,1H3,(H,23,29)(H,27,28)/t11?,15-,19+/m1/s1. The Balaban J connectivity index is 1.59. The molecule has 2 aliphatic heterocycles. The fourth-order valence-corrected chi connectivity index (χ4v) is 5.98. The molecule has 0 spiro atoms. The normalized spacial score (nSPS) is 21.0. The number of fused-ring (bicyclic) bond motifs is 1. The van der Waals surface area contributed by atoms with Gasteiger partial charge in [0, 0.05) is 10.7 Å². The Labute approximate surface area is 192 Å². The van der Waals surface area contributed by atoms with Gasteiger partial charge in [-0.15, -0.1) is 11.8 Å². The van der Waals surface area contributed by atoms with Crippen LogP contribution >= 0.6 is 35.7 Å². The Bertz CT molecular complexity index is 1120. The largest absolute Gasteiger partial charge is 0.477 e. The average molecular weight is 472 g/mol. The van der Waals surface area contributed by atoms with Crippen molar-refractivity contribution in [1.29, 1.82) is 5.26 Å². The predicted molar refractivity (Wildman–Crippen MR) is 121 cm³/mol. The number of nitriles is 1. The van der Waals surface area contributed by atoms with Crippen molar-refractivity contribution in [3.8, 4) is 11.8 Å². The number of carbonyl (C=O) groups is 2. The number of carbonyl (C=O) groups excluding carboxylic acids is 1. The van der Waals surface area contributed by atoms with Crippen molar-refractivity contribution in [2.75, 3.05) is 5.75 Å². The van der Waals surface area contributed by atoms with Crippen LogP contribution in [0.5, 0.6) is 0 Å². The van der Waals surface area contributed by atoms with Crippen LogP contribution in [0.25, 0.3) is 5.69 Å². The second-order valence-corrected chi connectivity index (χ2v) is 9.50. The van der Waals surface area contributed by atoms with E-state index in [0.29, 0.717) is 10.7 Å². The molecule has 0 saturated carbocycles. The third-order valence-corrected chi connectivity index (χ3v) is 7.89. The molecule has 11 heteroatoms. The molecule has 1 fully saturated rings. The van der Waals surface area contributed by atoms with Crippen molar-refractivity contribution >= 4 is 52.6 Å². The van der Waals surface area contributed by atoms with Gasteiger partial charge in [-0.1, -0.05) is 42.2 Å². The second-order valence-electron chi connectivity index (χ2n) is 6.84. The summed E-state index contributed by atoms with van der Waals surface area (Å²) in [7, 11) is 0. The summed E-state index contributed by atoms with van der Waals surface area (Å²) in [5.41, 5.74) is 0.843. The van der Waals surface area contributed by atoms with Crippen LogP contribution in [0.3, 0.4) is 0 Å². The number of hydrogen-bond acceptors (Lipinski definition) is 7. The van der Waals surface area contributed by atoms with Gasteiger partial charge in [-0.2, -0.15) is 10.4 Å². The first-order chi connectivity index (χ1) is 14.9. The van der Waals surface area contributed by atoms with E-state index in [2.05, 4.69) is 10.4 Å². The Morgan fingerprint density at radius 2 is 2.16 bits per heavy atom. The minimum absolute atomic E-state index is 0.0168. The average Bonchev–Trinajstić information content (AvgIpc) is 3.24. The zero-order valence-corrected chi connectivity index (χ0v) is 18.7. The highest BCUT2D eigenvalue weighted by atomic mass is 32.2. The van der Waals surface area contributed by atoms with E-state index in [1.54, 1.807) is 17.8 Å². The summed E-state index contributed by atoms with van der Waals surface area (Å²) in [5.74, 6) is -1.61. The van der Waals surface area contributed by atoms with Gasteiger partial charge in [0.25, 0.3) is 5.91 Å². The van der Waals surface area contributed by atoms with Crippen LogP contribution in [0.2, 0.25) is 0 Å². The molecule has 2 aromatic rings. The van der Waals surface area contributed by atoms with Crippen molar-refractivity contribution in [2.45, 2.75) is 23.4 Å². The smallest absolute Gasteiger partial charge is 0.353 e. The van der Waals surface area contributed by atoms with E-state index >= 15 is 0 Å². The maximum absolute atomic E-state index is 12.8. The Morgan fingerprint density at radius 1 is 1.42 bits per heavy atom. The van der Waals surface area contributed by atoms with Gasteiger partial charge in [-0.05, 0) is 25.1 Å². The van der Waals surface area contributed by atoms with Crippen molar-refractivity contribution in [2.24, 2.45) is 5.92 Å². The van der Waals surface area contributed by atoms with E-state index in [0.717, 1.165) is 10.7 Å². The number of aliphatic carboxylic acids is 1. The van der Waals surface area contributed by atoms with Gasteiger partial charge >= 0.3 is 5.97 Å². The highest BCUT2D eigenvalue weighted by molar-refractivity contribution is 8.06. The van der Waals surface area contributed by atoms with Crippen LogP contribution in [0.15, 0.2) is 58.2 Å². The van der Waals surface area contributed by atoms with E-state index in [1.807, 2.05) is 42.5 Å². The summed E-state index contributed by atoms with van der Waals surface area (Å²) in [6.07, 6.45) is 1.65. The van der Waals surface area contributed by atoms with Gasteiger partial charge in [-0.3, -0.25) is 9.69 Å². The number of hydrogen-bond donors (Lipinski definition) is 2. The molecule has 1 unspecified atom stereocenters. The predicted octanol–water partition coefficient (Wildman–Crippen LogP) is 2.62. The molecule has 1 saturated heterocycles. The van der Waals surface area contributed by atoms with E-state index in [-0.39, 0.29) is 22.0 Å². The molecular weight excluding hydrogens is 454 g/mol. The lowest BCUT2D eigenvalue weighted by atomic mass is 10.0. The molecule has 1 aromatic heterocycles. The van der Waals surface area contributed by atoms with Crippen LogP contribution in [0, 0.1) is 17.2 Å². The van der Waals surface area contributed by atoms with E-state index in [1.165, 1.54) is 28.4 Å². The highest BCUT2D eigenvalue weighted by Gasteiger charge is 2.54.